The number of rotatable bonds is 6. The van der Waals surface area contributed by atoms with Gasteiger partial charge in [-0.3, -0.25) is 14.4 Å². The number of amides is 2. The molecule has 5 rings (SSSR count). The van der Waals surface area contributed by atoms with E-state index in [0.717, 1.165) is 5.56 Å². The molecule has 0 radical (unpaired) electrons. The maximum absolute atomic E-state index is 14.1. The van der Waals surface area contributed by atoms with Crippen molar-refractivity contribution in [2.24, 2.45) is 0 Å². The highest BCUT2D eigenvalue weighted by atomic mass is 35.5. The van der Waals surface area contributed by atoms with Gasteiger partial charge in [0.05, 0.1) is 17.6 Å². The second-order valence-electron chi connectivity index (χ2n) is 9.55. The predicted molar refractivity (Wildman–Crippen MR) is 156 cm³/mol. The zero-order valence-corrected chi connectivity index (χ0v) is 23.2. The first kappa shape index (κ1) is 27.9. The molecule has 1 aliphatic heterocycles. The Morgan fingerprint density at radius 3 is 2.22 bits per heavy atom. The molecule has 9 nitrogen and oxygen atoms in total. The second-order valence-corrected chi connectivity index (χ2v) is 9.98. The van der Waals surface area contributed by atoms with E-state index in [1.54, 1.807) is 71.8 Å². The van der Waals surface area contributed by atoms with E-state index in [-0.39, 0.29) is 23.3 Å². The number of anilines is 2. The van der Waals surface area contributed by atoms with Gasteiger partial charge < -0.3 is 19.9 Å². The number of carbonyl (C=O) groups excluding carboxylic acids is 2. The van der Waals surface area contributed by atoms with Crippen LogP contribution < -0.4 is 20.5 Å². The third-order valence-electron chi connectivity index (χ3n) is 6.74. The molecule has 0 saturated carbocycles. The molecule has 4 aromatic rings. The number of benzene rings is 3. The Labute approximate surface area is 240 Å². The highest BCUT2D eigenvalue weighted by Gasteiger charge is 2.25. The van der Waals surface area contributed by atoms with Gasteiger partial charge in [-0.2, -0.15) is 9.78 Å². The average Bonchev–Trinajstić information content (AvgIpc) is 2.96. The smallest absolute Gasteiger partial charge is 0.316 e. The zero-order valence-electron chi connectivity index (χ0n) is 22.4. The van der Waals surface area contributed by atoms with Crippen LogP contribution in [-0.4, -0.2) is 52.7 Å². The Kier molecular flexibility index (Phi) is 8.02. The van der Waals surface area contributed by atoms with Crippen LogP contribution >= 0.6 is 11.6 Å². The summed E-state index contributed by atoms with van der Waals surface area (Å²) in [6.45, 7) is 4.92. The van der Waals surface area contributed by atoms with Crippen LogP contribution in [0.25, 0.3) is 16.8 Å². The van der Waals surface area contributed by atoms with Crippen LogP contribution in [-0.2, 0) is 9.59 Å². The summed E-state index contributed by atoms with van der Waals surface area (Å²) in [6.07, 6.45) is 1.59. The normalized spacial score (nSPS) is 13.2. The summed E-state index contributed by atoms with van der Waals surface area (Å²) in [5.41, 5.74) is 2.13. The van der Waals surface area contributed by atoms with Gasteiger partial charge in [-0.15, -0.1) is 0 Å². The molecule has 0 unspecified atom stereocenters. The first-order chi connectivity index (χ1) is 19.7. The number of nitrogens with zero attached hydrogens (tertiary/aromatic N) is 4. The number of hydrogen-bond donors (Lipinski definition) is 1. The fourth-order valence-electron chi connectivity index (χ4n) is 4.60. The highest BCUT2D eigenvalue weighted by molar-refractivity contribution is 6.30. The van der Waals surface area contributed by atoms with Crippen LogP contribution in [0.4, 0.5) is 15.8 Å². The molecule has 0 aliphatic carbocycles. The summed E-state index contributed by atoms with van der Waals surface area (Å²) in [5.74, 6) is -0.399. The highest BCUT2D eigenvalue weighted by Crippen LogP contribution is 2.32. The monoisotopic (exact) mass is 575 g/mol. The van der Waals surface area contributed by atoms with Crippen molar-refractivity contribution in [3.8, 4) is 28.3 Å². The van der Waals surface area contributed by atoms with E-state index in [1.807, 2.05) is 4.90 Å². The average molecular weight is 576 g/mol. The molecule has 1 aliphatic rings. The van der Waals surface area contributed by atoms with Crippen LogP contribution in [0.1, 0.15) is 13.8 Å². The summed E-state index contributed by atoms with van der Waals surface area (Å²) < 4.78 is 21.6. The van der Waals surface area contributed by atoms with Gasteiger partial charge in [0.15, 0.2) is 0 Å². The number of carbonyl (C=O) groups is 2. The number of ether oxygens (including phenoxy) is 1. The minimum atomic E-state index is -0.532. The summed E-state index contributed by atoms with van der Waals surface area (Å²) >= 11 is 6.03. The number of piperazine rings is 1. The van der Waals surface area contributed by atoms with Gasteiger partial charge >= 0.3 is 5.56 Å². The molecule has 0 bridgehead atoms. The molecule has 1 fully saturated rings. The van der Waals surface area contributed by atoms with Gasteiger partial charge in [0, 0.05) is 45.0 Å². The molecule has 0 spiro atoms. The molecule has 3 aromatic carbocycles. The van der Waals surface area contributed by atoms with Crippen molar-refractivity contribution < 1.29 is 18.7 Å². The number of nitrogens with one attached hydrogen (secondary N) is 1. The molecule has 210 valence electrons. The molecular weight excluding hydrogens is 549 g/mol. The fraction of sp³-hybridized carbons (Fsp3) is 0.200. The van der Waals surface area contributed by atoms with Crippen molar-refractivity contribution in [2.45, 2.75) is 13.8 Å². The maximum Gasteiger partial charge on any atom is 0.316 e. The molecule has 2 heterocycles. The Bertz CT molecular complexity index is 1650. The predicted octanol–water partition coefficient (Wildman–Crippen LogP) is 5.11. The van der Waals surface area contributed by atoms with Gasteiger partial charge in [-0.25, -0.2) is 4.39 Å². The van der Waals surface area contributed by atoms with Crippen LogP contribution in [0.5, 0.6) is 11.5 Å². The van der Waals surface area contributed by atoms with Crippen molar-refractivity contribution in [1.82, 2.24) is 14.7 Å². The van der Waals surface area contributed by atoms with E-state index in [4.69, 9.17) is 16.3 Å². The minimum absolute atomic E-state index is 0.00263. The van der Waals surface area contributed by atoms with Crippen molar-refractivity contribution >= 4 is 34.8 Å². The van der Waals surface area contributed by atoms with E-state index in [1.165, 1.54) is 24.6 Å². The second kappa shape index (κ2) is 11.8. The quantitative estimate of drug-likeness (QED) is 0.343. The van der Waals surface area contributed by atoms with Gasteiger partial charge in [0.2, 0.25) is 17.6 Å². The number of hydrogen-bond acceptors (Lipinski definition) is 6. The van der Waals surface area contributed by atoms with Crippen molar-refractivity contribution in [3.05, 3.63) is 94.1 Å². The molecule has 1 saturated heterocycles. The Hall–Kier alpha value is -4.70. The lowest BCUT2D eigenvalue weighted by Gasteiger charge is -2.35. The van der Waals surface area contributed by atoms with E-state index in [2.05, 4.69) is 10.4 Å². The van der Waals surface area contributed by atoms with Gasteiger partial charge in [0.25, 0.3) is 0 Å². The molecule has 2 amide bonds. The Morgan fingerprint density at radius 2 is 1.59 bits per heavy atom. The summed E-state index contributed by atoms with van der Waals surface area (Å²) in [6, 6.07) is 18.2. The van der Waals surface area contributed by atoms with Crippen molar-refractivity contribution in [1.29, 1.82) is 0 Å². The van der Waals surface area contributed by atoms with E-state index in [0.29, 0.717) is 53.9 Å². The molecule has 0 atom stereocenters. The van der Waals surface area contributed by atoms with Crippen LogP contribution in [0.3, 0.4) is 0 Å². The molecule has 41 heavy (non-hydrogen) atoms. The third-order valence-corrected chi connectivity index (χ3v) is 6.99. The molecule has 1 aromatic heterocycles. The van der Waals surface area contributed by atoms with E-state index >= 15 is 0 Å². The van der Waals surface area contributed by atoms with Gasteiger partial charge in [-0.05, 0) is 59.7 Å². The zero-order chi connectivity index (χ0) is 29.1. The lowest BCUT2D eigenvalue weighted by atomic mass is 10.0. The largest absolute Gasteiger partial charge is 0.449 e. The van der Waals surface area contributed by atoms with Gasteiger partial charge in [0.1, 0.15) is 17.3 Å². The Morgan fingerprint density at radius 1 is 0.927 bits per heavy atom. The molecule has 11 heteroatoms. The maximum atomic E-state index is 14.1. The molecule has 1 N–H and O–H groups in total. The standard InChI is InChI=1S/C30H27ClFN5O4/c1-19(38)34-27-17-22(5-12-26(27)32)21-3-10-25(11-4-21)41-29-28(36-15-13-35(14-16-36)20(2)39)18-33-37(30(29)40)24-8-6-23(31)7-9-24/h3-12,17-18H,13-16H2,1-2H3,(H,34,38). The van der Waals surface area contributed by atoms with Crippen LogP contribution in [0.15, 0.2) is 77.7 Å². The van der Waals surface area contributed by atoms with Crippen molar-refractivity contribution in [2.75, 3.05) is 36.4 Å². The number of halogens is 2. The molecular formula is C30H27ClFN5O4. The lowest BCUT2D eigenvalue weighted by molar-refractivity contribution is -0.129. The SMILES string of the molecule is CC(=O)Nc1cc(-c2ccc(Oc3c(N4CCN(C(C)=O)CC4)cnn(-c4ccc(Cl)cc4)c3=O)cc2)ccc1F. The topological polar surface area (TPSA) is 96.8 Å². The third kappa shape index (κ3) is 6.22. The van der Waals surface area contributed by atoms with Gasteiger partial charge in [-0.1, -0.05) is 29.8 Å². The fourth-order valence-corrected chi connectivity index (χ4v) is 4.73. The number of aromatic nitrogens is 2. The van der Waals surface area contributed by atoms with E-state index < -0.39 is 11.4 Å². The summed E-state index contributed by atoms with van der Waals surface area (Å²) in [5, 5.41) is 7.42. The summed E-state index contributed by atoms with van der Waals surface area (Å²) in [4.78, 5) is 40.7. The van der Waals surface area contributed by atoms with Crippen LogP contribution in [0, 0.1) is 5.82 Å². The Balaban J connectivity index is 1.47. The first-order valence-electron chi connectivity index (χ1n) is 12.9. The van der Waals surface area contributed by atoms with Crippen molar-refractivity contribution in [3.63, 3.8) is 0 Å². The van der Waals surface area contributed by atoms with E-state index in [9.17, 15) is 18.8 Å². The minimum Gasteiger partial charge on any atom is -0.449 e. The first-order valence-corrected chi connectivity index (χ1v) is 13.3. The van der Waals surface area contributed by atoms with Crippen LogP contribution in [0.2, 0.25) is 5.02 Å². The lowest BCUT2D eigenvalue weighted by Crippen LogP contribution is -2.48. The summed E-state index contributed by atoms with van der Waals surface area (Å²) in [7, 11) is 0.